The van der Waals surface area contributed by atoms with Gasteiger partial charge in [-0.1, -0.05) is 18.2 Å². The molecule has 2 aromatic rings. The molecule has 164 valence electrons. The van der Waals surface area contributed by atoms with Crippen molar-refractivity contribution in [1.29, 1.82) is 0 Å². The molecular formula is C21H23N3O6S. The molecule has 1 atom stereocenters. The lowest BCUT2D eigenvalue weighted by Crippen LogP contribution is -2.45. The molecule has 2 amide bonds. The van der Waals surface area contributed by atoms with Gasteiger partial charge in [-0.2, -0.15) is 4.31 Å². The van der Waals surface area contributed by atoms with Gasteiger partial charge in [0.05, 0.1) is 17.7 Å². The Morgan fingerprint density at radius 3 is 2.90 bits per heavy atom. The minimum Gasteiger partial charge on any atom is -0.496 e. The number of sulfonamides is 1. The van der Waals surface area contributed by atoms with Gasteiger partial charge in [0.1, 0.15) is 17.5 Å². The third-order valence-corrected chi connectivity index (χ3v) is 7.25. The highest BCUT2D eigenvalue weighted by Gasteiger charge is 2.39. The summed E-state index contributed by atoms with van der Waals surface area (Å²) in [4.78, 5) is 24.4. The van der Waals surface area contributed by atoms with Crippen LogP contribution in [0.3, 0.4) is 0 Å². The summed E-state index contributed by atoms with van der Waals surface area (Å²) >= 11 is 0. The number of amides is 2. The van der Waals surface area contributed by atoms with E-state index in [0.29, 0.717) is 30.0 Å². The number of anilines is 1. The highest BCUT2D eigenvalue weighted by molar-refractivity contribution is 7.89. The number of hydrogen-bond acceptors (Lipinski definition) is 6. The molecule has 1 fully saturated rings. The Labute approximate surface area is 180 Å². The van der Waals surface area contributed by atoms with Crippen LogP contribution in [0.15, 0.2) is 47.4 Å². The van der Waals surface area contributed by atoms with E-state index < -0.39 is 16.1 Å². The van der Waals surface area contributed by atoms with E-state index in [1.807, 2.05) is 18.2 Å². The maximum atomic E-state index is 13.3. The third kappa shape index (κ3) is 4.21. The third-order valence-electron chi connectivity index (χ3n) is 5.34. The molecule has 0 spiro atoms. The van der Waals surface area contributed by atoms with Gasteiger partial charge in [0.2, 0.25) is 15.9 Å². The average Bonchev–Trinajstić information content (AvgIpc) is 3.28. The normalized spacial score (nSPS) is 18.6. The fourth-order valence-corrected chi connectivity index (χ4v) is 5.48. The summed E-state index contributed by atoms with van der Waals surface area (Å²) in [5.41, 5.74) is 1.10. The van der Waals surface area contributed by atoms with Crippen LogP contribution in [0, 0.1) is 0 Å². The summed E-state index contributed by atoms with van der Waals surface area (Å²) in [6, 6.07) is 10.8. The van der Waals surface area contributed by atoms with Gasteiger partial charge in [0, 0.05) is 18.7 Å². The molecule has 2 heterocycles. The summed E-state index contributed by atoms with van der Waals surface area (Å²) in [5.74, 6) is 0.349. The number of rotatable bonds is 6. The van der Waals surface area contributed by atoms with E-state index in [0.717, 1.165) is 5.56 Å². The van der Waals surface area contributed by atoms with Gasteiger partial charge < -0.3 is 20.1 Å². The van der Waals surface area contributed by atoms with Crippen LogP contribution in [0.25, 0.3) is 0 Å². The number of nitrogens with one attached hydrogen (secondary N) is 2. The van der Waals surface area contributed by atoms with Crippen LogP contribution < -0.4 is 20.1 Å². The van der Waals surface area contributed by atoms with E-state index in [2.05, 4.69) is 10.6 Å². The van der Waals surface area contributed by atoms with E-state index in [4.69, 9.17) is 9.47 Å². The van der Waals surface area contributed by atoms with Gasteiger partial charge in [-0.05, 0) is 37.1 Å². The fourth-order valence-electron chi connectivity index (χ4n) is 3.80. The minimum absolute atomic E-state index is 0.00137. The lowest BCUT2D eigenvalue weighted by atomic mass is 10.2. The number of ether oxygens (including phenoxy) is 2. The Balaban J connectivity index is 1.51. The van der Waals surface area contributed by atoms with E-state index in [9.17, 15) is 18.0 Å². The quantitative estimate of drug-likeness (QED) is 0.697. The first-order valence-electron chi connectivity index (χ1n) is 9.88. The average molecular weight is 445 g/mol. The van der Waals surface area contributed by atoms with Crippen molar-refractivity contribution in [1.82, 2.24) is 9.62 Å². The Bertz CT molecular complexity index is 1120. The molecule has 1 saturated heterocycles. The highest BCUT2D eigenvalue weighted by atomic mass is 32.2. The van der Waals surface area contributed by atoms with Crippen LogP contribution in [0.4, 0.5) is 5.69 Å². The predicted molar refractivity (Wildman–Crippen MR) is 112 cm³/mol. The van der Waals surface area contributed by atoms with Gasteiger partial charge in [0.25, 0.3) is 5.91 Å². The van der Waals surface area contributed by atoms with Crippen LogP contribution in [0.1, 0.15) is 18.4 Å². The molecular weight excluding hydrogens is 422 g/mol. The van der Waals surface area contributed by atoms with Crippen LogP contribution in [-0.4, -0.2) is 50.8 Å². The molecule has 0 unspecified atom stereocenters. The highest BCUT2D eigenvalue weighted by Crippen LogP contribution is 2.33. The SMILES string of the molecule is COc1ccccc1CNC(=O)[C@H]1CCCN1S(=O)(=O)c1ccc2c(c1)NC(=O)CO2. The first-order chi connectivity index (χ1) is 14.9. The lowest BCUT2D eigenvalue weighted by molar-refractivity contribution is -0.124. The maximum absolute atomic E-state index is 13.3. The van der Waals surface area contributed by atoms with Crippen molar-refractivity contribution in [3.8, 4) is 11.5 Å². The molecule has 9 nitrogen and oxygen atoms in total. The van der Waals surface area contributed by atoms with Gasteiger partial charge >= 0.3 is 0 Å². The van der Waals surface area contributed by atoms with Crippen molar-refractivity contribution in [2.24, 2.45) is 0 Å². The molecule has 10 heteroatoms. The van der Waals surface area contributed by atoms with Crippen LogP contribution in [0.5, 0.6) is 11.5 Å². The van der Waals surface area contributed by atoms with Gasteiger partial charge in [-0.3, -0.25) is 9.59 Å². The predicted octanol–water partition coefficient (Wildman–Crippen LogP) is 1.50. The van der Waals surface area contributed by atoms with Gasteiger partial charge in [-0.15, -0.1) is 0 Å². The molecule has 2 aliphatic rings. The first kappa shape index (κ1) is 21.1. The Morgan fingerprint density at radius 2 is 2.10 bits per heavy atom. The number of benzene rings is 2. The zero-order valence-electron chi connectivity index (χ0n) is 17.0. The monoisotopic (exact) mass is 445 g/mol. The molecule has 0 bridgehead atoms. The number of fused-ring (bicyclic) bond motifs is 1. The van der Waals surface area contributed by atoms with Gasteiger partial charge in [-0.25, -0.2) is 8.42 Å². The smallest absolute Gasteiger partial charge is 0.262 e. The van der Waals surface area contributed by atoms with Crippen molar-refractivity contribution in [2.45, 2.75) is 30.3 Å². The molecule has 2 aromatic carbocycles. The van der Waals surface area contributed by atoms with Crippen molar-refractivity contribution < 1.29 is 27.5 Å². The van der Waals surface area contributed by atoms with E-state index in [1.165, 1.54) is 22.5 Å². The zero-order valence-corrected chi connectivity index (χ0v) is 17.8. The number of carbonyl (C=O) groups excluding carboxylic acids is 2. The summed E-state index contributed by atoms with van der Waals surface area (Å²) in [7, 11) is -2.39. The molecule has 0 saturated carbocycles. The minimum atomic E-state index is -3.94. The fraction of sp³-hybridized carbons (Fsp3) is 0.333. The largest absolute Gasteiger partial charge is 0.496 e. The Hall–Kier alpha value is -3.11. The van der Waals surface area contributed by atoms with Crippen LogP contribution >= 0.6 is 0 Å². The summed E-state index contributed by atoms with van der Waals surface area (Å²) in [5, 5.41) is 5.43. The lowest BCUT2D eigenvalue weighted by Gasteiger charge is -2.25. The Kier molecular flexibility index (Phi) is 5.84. The van der Waals surface area contributed by atoms with Crippen molar-refractivity contribution in [3.05, 3.63) is 48.0 Å². The summed E-state index contributed by atoms with van der Waals surface area (Å²) < 4.78 is 38.3. The Morgan fingerprint density at radius 1 is 1.29 bits per heavy atom. The second-order valence-electron chi connectivity index (χ2n) is 7.30. The number of carbonyl (C=O) groups is 2. The topological polar surface area (TPSA) is 114 Å². The molecule has 31 heavy (non-hydrogen) atoms. The molecule has 0 radical (unpaired) electrons. The number of methoxy groups -OCH3 is 1. The van der Waals surface area contributed by atoms with Crippen LogP contribution in [0.2, 0.25) is 0 Å². The number of para-hydroxylation sites is 1. The molecule has 0 aromatic heterocycles. The molecule has 2 aliphatic heterocycles. The summed E-state index contributed by atoms with van der Waals surface area (Å²) in [6.07, 6.45) is 1.01. The van der Waals surface area contributed by atoms with Crippen molar-refractivity contribution in [3.63, 3.8) is 0 Å². The van der Waals surface area contributed by atoms with Gasteiger partial charge in [0.15, 0.2) is 6.61 Å². The second kappa shape index (κ2) is 8.56. The molecule has 0 aliphatic carbocycles. The molecule has 2 N–H and O–H groups in total. The van der Waals surface area contributed by atoms with E-state index in [1.54, 1.807) is 13.2 Å². The number of hydrogen-bond donors (Lipinski definition) is 2. The second-order valence-corrected chi connectivity index (χ2v) is 9.19. The van der Waals surface area contributed by atoms with Crippen molar-refractivity contribution in [2.75, 3.05) is 25.6 Å². The first-order valence-corrected chi connectivity index (χ1v) is 11.3. The van der Waals surface area contributed by atoms with Crippen molar-refractivity contribution >= 4 is 27.5 Å². The number of nitrogens with zero attached hydrogens (tertiary/aromatic N) is 1. The zero-order chi connectivity index (χ0) is 22.0. The van der Waals surface area contributed by atoms with Crippen LogP contribution in [-0.2, 0) is 26.2 Å². The summed E-state index contributed by atoms with van der Waals surface area (Å²) in [6.45, 7) is 0.365. The molecule has 4 rings (SSSR count). The standard InChI is InChI=1S/C21H23N3O6S/c1-29-18-7-3-2-5-14(18)12-22-21(26)17-6-4-10-24(17)31(27,28)15-8-9-19-16(11-15)23-20(25)13-30-19/h2-3,5,7-9,11,17H,4,6,10,12-13H2,1H3,(H,22,26)(H,23,25)/t17-/m1/s1. The van der Waals surface area contributed by atoms with E-state index in [-0.39, 0.29) is 36.4 Å². The maximum Gasteiger partial charge on any atom is 0.262 e. The van der Waals surface area contributed by atoms with E-state index >= 15 is 0 Å².